The Morgan fingerprint density at radius 3 is 2.69 bits per heavy atom. The Hall–Kier alpha value is -2.08. The van der Waals surface area contributed by atoms with E-state index in [-0.39, 0.29) is 29.6 Å². The molecule has 140 valence electrons. The second-order valence-electron chi connectivity index (χ2n) is 7.60. The maximum absolute atomic E-state index is 12.6. The van der Waals surface area contributed by atoms with Crippen LogP contribution in [0.2, 0.25) is 0 Å². The molecule has 2 amide bonds. The molecule has 4 rings (SSSR count). The van der Waals surface area contributed by atoms with Crippen molar-refractivity contribution in [1.29, 1.82) is 0 Å². The molecule has 0 aliphatic carbocycles. The average molecular weight is 358 g/mol. The molecule has 0 aromatic heterocycles. The van der Waals surface area contributed by atoms with Crippen LogP contribution < -0.4 is 10.1 Å². The van der Waals surface area contributed by atoms with Crippen LogP contribution in [-0.4, -0.2) is 48.1 Å². The SMILES string of the molecule is CC(=O)N1CCC2(CC1)CC(NC(=O)[C@H]1CCCO1)c1ccccc1O2. The van der Waals surface area contributed by atoms with Crippen LogP contribution in [0.3, 0.4) is 0 Å². The van der Waals surface area contributed by atoms with E-state index in [1.54, 1.807) is 6.92 Å². The summed E-state index contributed by atoms with van der Waals surface area (Å²) in [7, 11) is 0. The molecule has 1 aromatic carbocycles. The smallest absolute Gasteiger partial charge is 0.249 e. The molecule has 1 N–H and O–H groups in total. The highest BCUT2D eigenvalue weighted by Crippen LogP contribution is 2.44. The van der Waals surface area contributed by atoms with Gasteiger partial charge in [-0.3, -0.25) is 9.59 Å². The minimum atomic E-state index is -0.333. The van der Waals surface area contributed by atoms with E-state index in [9.17, 15) is 9.59 Å². The van der Waals surface area contributed by atoms with Crippen molar-refractivity contribution in [2.24, 2.45) is 0 Å². The Balaban J connectivity index is 1.53. The quantitative estimate of drug-likeness (QED) is 0.880. The zero-order valence-electron chi connectivity index (χ0n) is 15.2. The number of carbonyl (C=O) groups is 2. The van der Waals surface area contributed by atoms with Crippen molar-refractivity contribution in [3.63, 3.8) is 0 Å². The molecule has 0 radical (unpaired) electrons. The number of amides is 2. The van der Waals surface area contributed by atoms with Gasteiger partial charge in [0.05, 0.1) is 6.04 Å². The fourth-order valence-corrected chi connectivity index (χ4v) is 4.33. The Kier molecular flexibility index (Phi) is 4.61. The fourth-order valence-electron chi connectivity index (χ4n) is 4.33. The van der Waals surface area contributed by atoms with Gasteiger partial charge in [0, 0.05) is 51.4 Å². The van der Waals surface area contributed by atoms with Gasteiger partial charge in [-0.2, -0.15) is 0 Å². The van der Waals surface area contributed by atoms with E-state index < -0.39 is 0 Å². The number of likely N-dealkylation sites (tertiary alicyclic amines) is 1. The zero-order chi connectivity index (χ0) is 18.1. The Morgan fingerprint density at radius 2 is 2.00 bits per heavy atom. The molecule has 3 aliphatic rings. The van der Waals surface area contributed by atoms with Gasteiger partial charge in [0.25, 0.3) is 0 Å². The van der Waals surface area contributed by atoms with Crippen molar-refractivity contribution in [2.45, 2.75) is 56.8 Å². The topological polar surface area (TPSA) is 67.9 Å². The normalized spacial score (nSPS) is 26.9. The molecule has 26 heavy (non-hydrogen) atoms. The van der Waals surface area contributed by atoms with Gasteiger partial charge < -0.3 is 19.7 Å². The van der Waals surface area contributed by atoms with E-state index in [1.165, 1.54) is 0 Å². The molecule has 6 heteroatoms. The fraction of sp³-hybridized carbons (Fsp3) is 0.600. The van der Waals surface area contributed by atoms with Crippen molar-refractivity contribution in [2.75, 3.05) is 19.7 Å². The van der Waals surface area contributed by atoms with Gasteiger partial charge in [-0.25, -0.2) is 0 Å². The zero-order valence-corrected chi connectivity index (χ0v) is 15.2. The highest BCUT2D eigenvalue weighted by Gasteiger charge is 2.44. The lowest BCUT2D eigenvalue weighted by atomic mass is 9.80. The van der Waals surface area contributed by atoms with Crippen molar-refractivity contribution in [3.05, 3.63) is 29.8 Å². The molecule has 3 heterocycles. The number of piperidine rings is 1. The van der Waals surface area contributed by atoms with Crippen LogP contribution in [0, 0.1) is 0 Å². The second kappa shape index (κ2) is 6.91. The predicted molar refractivity (Wildman–Crippen MR) is 95.8 cm³/mol. The van der Waals surface area contributed by atoms with Gasteiger partial charge in [0.1, 0.15) is 17.5 Å². The summed E-state index contributed by atoms with van der Waals surface area (Å²) >= 11 is 0. The predicted octanol–water partition coefficient (Wildman–Crippen LogP) is 2.19. The lowest BCUT2D eigenvalue weighted by Crippen LogP contribution is -2.53. The van der Waals surface area contributed by atoms with Crippen LogP contribution in [0.4, 0.5) is 0 Å². The molecule has 3 aliphatic heterocycles. The van der Waals surface area contributed by atoms with E-state index in [0.29, 0.717) is 19.7 Å². The number of rotatable bonds is 2. The van der Waals surface area contributed by atoms with E-state index in [0.717, 1.165) is 43.4 Å². The third-order valence-electron chi connectivity index (χ3n) is 5.86. The van der Waals surface area contributed by atoms with E-state index in [2.05, 4.69) is 5.32 Å². The van der Waals surface area contributed by atoms with Crippen molar-refractivity contribution in [1.82, 2.24) is 10.2 Å². The lowest BCUT2D eigenvalue weighted by Gasteiger charge is -2.47. The monoisotopic (exact) mass is 358 g/mol. The first-order chi connectivity index (χ1) is 12.6. The van der Waals surface area contributed by atoms with Crippen LogP contribution in [-0.2, 0) is 14.3 Å². The number of hydrogen-bond donors (Lipinski definition) is 1. The second-order valence-corrected chi connectivity index (χ2v) is 7.60. The highest BCUT2D eigenvalue weighted by molar-refractivity contribution is 5.81. The molecule has 1 spiro atoms. The van der Waals surface area contributed by atoms with Gasteiger partial charge in [-0.05, 0) is 18.9 Å². The minimum Gasteiger partial charge on any atom is -0.487 e. The lowest BCUT2D eigenvalue weighted by molar-refractivity contribution is -0.133. The number of nitrogens with zero attached hydrogens (tertiary/aromatic N) is 1. The molecule has 6 nitrogen and oxygen atoms in total. The molecule has 2 atom stereocenters. The summed E-state index contributed by atoms with van der Waals surface area (Å²) in [5, 5.41) is 3.20. The summed E-state index contributed by atoms with van der Waals surface area (Å²) in [6, 6.07) is 7.85. The number of hydrogen-bond acceptors (Lipinski definition) is 4. The Labute approximate surface area is 153 Å². The van der Waals surface area contributed by atoms with Crippen molar-refractivity contribution >= 4 is 11.8 Å². The van der Waals surface area contributed by atoms with Crippen LogP contribution in [0.5, 0.6) is 5.75 Å². The number of ether oxygens (including phenoxy) is 2. The van der Waals surface area contributed by atoms with Crippen LogP contribution >= 0.6 is 0 Å². The summed E-state index contributed by atoms with van der Waals surface area (Å²) in [6.07, 6.45) is 3.69. The minimum absolute atomic E-state index is 0.0273. The maximum Gasteiger partial charge on any atom is 0.249 e. The van der Waals surface area contributed by atoms with E-state index in [4.69, 9.17) is 9.47 Å². The molecule has 2 saturated heterocycles. The summed E-state index contributed by atoms with van der Waals surface area (Å²) in [5.41, 5.74) is 0.702. The number of carbonyl (C=O) groups excluding carboxylic acids is 2. The molecule has 2 fully saturated rings. The first-order valence-corrected chi connectivity index (χ1v) is 9.52. The van der Waals surface area contributed by atoms with Crippen LogP contribution in [0.15, 0.2) is 24.3 Å². The van der Waals surface area contributed by atoms with E-state index >= 15 is 0 Å². The van der Waals surface area contributed by atoms with Crippen LogP contribution in [0.1, 0.15) is 50.6 Å². The first kappa shape index (κ1) is 17.3. The molecule has 1 unspecified atom stereocenters. The molecule has 0 bridgehead atoms. The standard InChI is InChI=1S/C20H26N2O4/c1-14(23)22-10-8-20(9-11-22)13-16(15-5-2-3-6-17(15)26-20)21-19(24)18-7-4-12-25-18/h2-3,5-6,16,18H,4,7-13H2,1H3,(H,21,24)/t16?,18-/m1/s1. The summed E-state index contributed by atoms with van der Waals surface area (Å²) in [6.45, 7) is 3.67. The van der Waals surface area contributed by atoms with Crippen molar-refractivity contribution < 1.29 is 19.1 Å². The number of nitrogens with one attached hydrogen (secondary N) is 1. The summed E-state index contributed by atoms with van der Waals surface area (Å²) < 4.78 is 11.9. The third kappa shape index (κ3) is 3.30. The Bertz CT molecular complexity index is 691. The molecular weight excluding hydrogens is 332 g/mol. The third-order valence-corrected chi connectivity index (χ3v) is 5.86. The first-order valence-electron chi connectivity index (χ1n) is 9.52. The highest BCUT2D eigenvalue weighted by atomic mass is 16.5. The van der Waals surface area contributed by atoms with Gasteiger partial charge >= 0.3 is 0 Å². The van der Waals surface area contributed by atoms with E-state index in [1.807, 2.05) is 29.2 Å². The average Bonchev–Trinajstić information content (AvgIpc) is 3.17. The van der Waals surface area contributed by atoms with Crippen molar-refractivity contribution in [3.8, 4) is 5.75 Å². The van der Waals surface area contributed by atoms with Gasteiger partial charge in [-0.1, -0.05) is 18.2 Å². The van der Waals surface area contributed by atoms with Gasteiger partial charge in [-0.15, -0.1) is 0 Å². The largest absolute Gasteiger partial charge is 0.487 e. The molecule has 0 saturated carbocycles. The molecular formula is C20H26N2O4. The van der Waals surface area contributed by atoms with Crippen LogP contribution in [0.25, 0.3) is 0 Å². The maximum atomic E-state index is 12.6. The van der Waals surface area contributed by atoms with Gasteiger partial charge in [0.2, 0.25) is 11.8 Å². The number of benzene rings is 1. The Morgan fingerprint density at radius 1 is 1.23 bits per heavy atom. The number of para-hydroxylation sites is 1. The van der Waals surface area contributed by atoms with Gasteiger partial charge in [0.15, 0.2) is 0 Å². The summed E-state index contributed by atoms with van der Waals surface area (Å²) in [5.74, 6) is 0.924. The summed E-state index contributed by atoms with van der Waals surface area (Å²) in [4.78, 5) is 26.1. The molecule has 1 aromatic rings. The number of fused-ring (bicyclic) bond motifs is 1.